The fourth-order valence-electron chi connectivity index (χ4n) is 10.5. The Kier molecular flexibility index (Phi) is 60.9. The standard InChI is InChI=1S/C66H129NO5/c1-3-5-7-9-11-13-15-38-42-46-50-54-58-64(69)63(62-68)67-65(70)59-55-51-47-43-39-36-34-32-30-28-26-24-22-20-18-17-19-21-23-25-27-29-31-33-35-37-41-45-49-53-57-61-72-66(71)60-56-52-48-44-40-16-14-12-10-8-6-4-2/h19,21,63-64,68-69H,3-18,20,22-62H2,1-2H3,(H,67,70)/b21-19-. The minimum absolute atomic E-state index is 0.0189. The molecule has 428 valence electrons. The molecular weight excluding hydrogens is 887 g/mol. The molecule has 0 radical (unpaired) electrons. The molecule has 0 aliphatic carbocycles. The zero-order valence-corrected chi connectivity index (χ0v) is 48.9. The highest BCUT2D eigenvalue weighted by Crippen LogP contribution is 2.18. The van der Waals surface area contributed by atoms with Gasteiger partial charge in [0.2, 0.25) is 5.91 Å². The fraction of sp³-hybridized carbons (Fsp3) is 0.939. The predicted molar refractivity (Wildman–Crippen MR) is 315 cm³/mol. The first-order valence-electron chi connectivity index (χ1n) is 32.9. The zero-order chi connectivity index (χ0) is 52.2. The van der Waals surface area contributed by atoms with Crippen molar-refractivity contribution in [2.45, 2.75) is 386 Å². The van der Waals surface area contributed by atoms with Crippen molar-refractivity contribution in [1.29, 1.82) is 0 Å². The summed E-state index contributed by atoms with van der Waals surface area (Å²) in [7, 11) is 0. The summed E-state index contributed by atoms with van der Waals surface area (Å²) in [4.78, 5) is 24.5. The molecular formula is C66H129NO5. The van der Waals surface area contributed by atoms with Gasteiger partial charge in [0.25, 0.3) is 0 Å². The number of allylic oxidation sites excluding steroid dienone is 2. The van der Waals surface area contributed by atoms with Crippen LogP contribution in [-0.2, 0) is 14.3 Å². The second-order valence-corrected chi connectivity index (χ2v) is 22.8. The molecule has 0 saturated carbocycles. The maximum atomic E-state index is 12.5. The van der Waals surface area contributed by atoms with Crippen LogP contribution in [-0.4, -0.2) is 47.4 Å². The number of aliphatic hydroxyl groups is 2. The second kappa shape index (κ2) is 62.1. The van der Waals surface area contributed by atoms with Gasteiger partial charge in [-0.15, -0.1) is 0 Å². The molecule has 0 aliphatic heterocycles. The Morgan fingerprint density at radius 3 is 0.986 bits per heavy atom. The monoisotopic (exact) mass is 1020 g/mol. The van der Waals surface area contributed by atoms with Gasteiger partial charge in [0, 0.05) is 12.8 Å². The molecule has 3 N–H and O–H groups in total. The fourth-order valence-corrected chi connectivity index (χ4v) is 10.5. The molecule has 0 rings (SSSR count). The van der Waals surface area contributed by atoms with Gasteiger partial charge >= 0.3 is 5.97 Å². The Balaban J connectivity index is 3.33. The second-order valence-electron chi connectivity index (χ2n) is 22.8. The third kappa shape index (κ3) is 57.9. The van der Waals surface area contributed by atoms with Crippen LogP contribution in [0, 0.1) is 0 Å². The Hall–Kier alpha value is -1.40. The average Bonchev–Trinajstić information content (AvgIpc) is 3.38. The molecule has 6 heteroatoms. The highest BCUT2D eigenvalue weighted by Gasteiger charge is 2.20. The first kappa shape index (κ1) is 70.6. The van der Waals surface area contributed by atoms with Gasteiger partial charge in [-0.05, 0) is 51.4 Å². The molecule has 0 heterocycles. The van der Waals surface area contributed by atoms with Crippen molar-refractivity contribution in [3.05, 3.63) is 12.2 Å². The maximum Gasteiger partial charge on any atom is 0.305 e. The van der Waals surface area contributed by atoms with Crippen molar-refractivity contribution >= 4 is 11.9 Å². The summed E-state index contributed by atoms with van der Waals surface area (Å²) in [6.07, 6.45) is 75.4. The highest BCUT2D eigenvalue weighted by atomic mass is 16.5. The lowest BCUT2D eigenvalue weighted by Crippen LogP contribution is -2.45. The quantitative estimate of drug-likeness (QED) is 0.0320. The van der Waals surface area contributed by atoms with E-state index in [0.717, 1.165) is 38.5 Å². The van der Waals surface area contributed by atoms with Crippen LogP contribution >= 0.6 is 0 Å². The van der Waals surface area contributed by atoms with Gasteiger partial charge in [-0.1, -0.05) is 321 Å². The number of nitrogens with one attached hydrogen (secondary N) is 1. The first-order valence-corrected chi connectivity index (χ1v) is 32.9. The van der Waals surface area contributed by atoms with Crippen LogP contribution in [0.4, 0.5) is 0 Å². The van der Waals surface area contributed by atoms with Crippen LogP contribution < -0.4 is 5.32 Å². The van der Waals surface area contributed by atoms with Crippen LogP contribution in [0.5, 0.6) is 0 Å². The van der Waals surface area contributed by atoms with E-state index in [-0.39, 0.29) is 18.5 Å². The molecule has 2 atom stereocenters. The van der Waals surface area contributed by atoms with Crippen LogP contribution in [0.1, 0.15) is 373 Å². The third-order valence-electron chi connectivity index (χ3n) is 15.6. The van der Waals surface area contributed by atoms with E-state index < -0.39 is 12.1 Å². The van der Waals surface area contributed by atoms with Crippen molar-refractivity contribution in [3.63, 3.8) is 0 Å². The number of carbonyl (C=O) groups excluding carboxylic acids is 2. The molecule has 0 aliphatic rings. The molecule has 0 spiro atoms. The van der Waals surface area contributed by atoms with E-state index in [0.29, 0.717) is 25.9 Å². The molecule has 72 heavy (non-hydrogen) atoms. The Morgan fingerprint density at radius 1 is 0.375 bits per heavy atom. The summed E-state index contributed by atoms with van der Waals surface area (Å²) in [6, 6.07) is -0.538. The molecule has 0 bridgehead atoms. The number of esters is 1. The minimum atomic E-state index is -0.661. The summed E-state index contributed by atoms with van der Waals surface area (Å²) in [5.41, 5.74) is 0. The zero-order valence-electron chi connectivity index (χ0n) is 48.9. The minimum Gasteiger partial charge on any atom is -0.466 e. The number of hydrogen-bond acceptors (Lipinski definition) is 5. The highest BCUT2D eigenvalue weighted by molar-refractivity contribution is 5.76. The first-order chi connectivity index (χ1) is 35.5. The Morgan fingerprint density at radius 2 is 0.653 bits per heavy atom. The molecule has 0 aromatic rings. The number of carbonyl (C=O) groups is 2. The van der Waals surface area contributed by atoms with Crippen LogP contribution in [0.25, 0.3) is 0 Å². The van der Waals surface area contributed by atoms with E-state index in [4.69, 9.17) is 4.74 Å². The lowest BCUT2D eigenvalue weighted by Gasteiger charge is -2.22. The number of amides is 1. The Labute approximate surface area is 450 Å². The van der Waals surface area contributed by atoms with Crippen molar-refractivity contribution in [1.82, 2.24) is 5.32 Å². The molecule has 0 aromatic carbocycles. The van der Waals surface area contributed by atoms with Crippen molar-refractivity contribution in [2.75, 3.05) is 13.2 Å². The van der Waals surface area contributed by atoms with Crippen LogP contribution in [0.2, 0.25) is 0 Å². The summed E-state index contributed by atoms with van der Waals surface area (Å²) >= 11 is 0. The lowest BCUT2D eigenvalue weighted by molar-refractivity contribution is -0.143. The van der Waals surface area contributed by atoms with Gasteiger partial charge in [-0.25, -0.2) is 0 Å². The molecule has 0 aromatic heterocycles. The van der Waals surface area contributed by atoms with E-state index >= 15 is 0 Å². The van der Waals surface area contributed by atoms with Gasteiger partial charge in [-0.3, -0.25) is 9.59 Å². The van der Waals surface area contributed by atoms with Crippen LogP contribution in [0.15, 0.2) is 12.2 Å². The molecule has 2 unspecified atom stereocenters. The summed E-state index contributed by atoms with van der Waals surface area (Å²) in [5, 5.41) is 23.2. The SMILES string of the molecule is CCCCCCCCCCCCCCC(=O)OCCCCCCCCCCCCCC/C=C\CCCCCCCCCCCCCCCCCC(=O)NC(CO)C(O)CCCCCCCCCCCCCC. The van der Waals surface area contributed by atoms with Gasteiger partial charge in [0.15, 0.2) is 0 Å². The number of rotatable bonds is 62. The predicted octanol–water partition coefficient (Wildman–Crippen LogP) is 20.8. The van der Waals surface area contributed by atoms with E-state index in [1.165, 1.54) is 302 Å². The van der Waals surface area contributed by atoms with E-state index in [9.17, 15) is 19.8 Å². The van der Waals surface area contributed by atoms with Gasteiger partial charge < -0.3 is 20.3 Å². The average molecular weight is 1020 g/mol. The summed E-state index contributed by atoms with van der Waals surface area (Å²) < 4.78 is 5.48. The van der Waals surface area contributed by atoms with Gasteiger partial charge in [0.1, 0.15) is 0 Å². The van der Waals surface area contributed by atoms with Gasteiger partial charge in [-0.2, -0.15) is 0 Å². The topological polar surface area (TPSA) is 95.9 Å². The number of aliphatic hydroxyl groups excluding tert-OH is 2. The Bertz CT molecular complexity index is 1080. The summed E-state index contributed by atoms with van der Waals surface area (Å²) in [5.74, 6) is -0.0124. The number of ether oxygens (including phenoxy) is 1. The van der Waals surface area contributed by atoms with E-state index in [1.54, 1.807) is 0 Å². The van der Waals surface area contributed by atoms with Gasteiger partial charge in [0.05, 0.1) is 25.4 Å². The smallest absolute Gasteiger partial charge is 0.305 e. The third-order valence-corrected chi connectivity index (χ3v) is 15.6. The molecule has 6 nitrogen and oxygen atoms in total. The van der Waals surface area contributed by atoms with Crippen molar-refractivity contribution < 1.29 is 24.5 Å². The molecule has 1 amide bonds. The van der Waals surface area contributed by atoms with E-state index in [1.807, 2.05) is 0 Å². The number of hydrogen-bond donors (Lipinski definition) is 3. The normalized spacial score (nSPS) is 12.6. The van der Waals surface area contributed by atoms with Crippen LogP contribution in [0.3, 0.4) is 0 Å². The molecule has 0 fully saturated rings. The largest absolute Gasteiger partial charge is 0.466 e. The lowest BCUT2D eigenvalue weighted by atomic mass is 10.0. The summed E-state index contributed by atoms with van der Waals surface area (Å²) in [6.45, 7) is 4.97. The van der Waals surface area contributed by atoms with Crippen molar-refractivity contribution in [3.8, 4) is 0 Å². The van der Waals surface area contributed by atoms with Crippen molar-refractivity contribution in [2.24, 2.45) is 0 Å². The number of unbranched alkanes of at least 4 members (excludes halogenated alkanes) is 49. The maximum absolute atomic E-state index is 12.5. The molecule has 0 saturated heterocycles. The van der Waals surface area contributed by atoms with E-state index in [2.05, 4.69) is 31.3 Å².